The summed E-state index contributed by atoms with van der Waals surface area (Å²) < 4.78 is 5.26. The predicted molar refractivity (Wildman–Crippen MR) is 107 cm³/mol. The van der Waals surface area contributed by atoms with Gasteiger partial charge in [0.05, 0.1) is 6.42 Å². The Morgan fingerprint density at radius 3 is 2.48 bits per heavy atom. The molecule has 138 valence electrons. The van der Waals surface area contributed by atoms with Crippen molar-refractivity contribution in [1.82, 2.24) is 5.32 Å². The summed E-state index contributed by atoms with van der Waals surface area (Å²) in [5.41, 5.74) is 1.66. The summed E-state index contributed by atoms with van der Waals surface area (Å²) in [5.74, 6) is -0.799. The summed E-state index contributed by atoms with van der Waals surface area (Å²) in [5, 5.41) is 5.49. The van der Waals surface area contributed by atoms with Gasteiger partial charge in [-0.15, -0.1) is 0 Å². The van der Waals surface area contributed by atoms with E-state index in [1.165, 1.54) is 0 Å². The Labute approximate surface area is 163 Å². The Morgan fingerprint density at radius 1 is 1.00 bits per heavy atom. The van der Waals surface area contributed by atoms with E-state index in [4.69, 9.17) is 16.3 Å². The second-order valence-electron chi connectivity index (χ2n) is 6.30. The minimum absolute atomic E-state index is 0.118. The highest BCUT2D eigenvalue weighted by atomic mass is 35.5. The molecular formula is C22H20ClNO3. The molecule has 0 aliphatic rings. The number of amides is 1. The van der Waals surface area contributed by atoms with Crippen molar-refractivity contribution in [2.75, 3.05) is 0 Å². The topological polar surface area (TPSA) is 55.4 Å². The van der Waals surface area contributed by atoms with Gasteiger partial charge in [0, 0.05) is 11.6 Å². The molecule has 27 heavy (non-hydrogen) atoms. The van der Waals surface area contributed by atoms with E-state index in [1.54, 1.807) is 13.0 Å². The second-order valence-corrected chi connectivity index (χ2v) is 6.71. The van der Waals surface area contributed by atoms with Gasteiger partial charge in [0.1, 0.15) is 0 Å². The maximum absolute atomic E-state index is 12.2. The molecule has 3 aromatic carbocycles. The lowest BCUT2D eigenvalue weighted by molar-refractivity contribution is -0.154. The lowest BCUT2D eigenvalue weighted by atomic mass is 10.1. The maximum Gasteiger partial charge on any atom is 0.311 e. The van der Waals surface area contributed by atoms with Crippen molar-refractivity contribution in [3.05, 3.63) is 82.9 Å². The van der Waals surface area contributed by atoms with Crippen LogP contribution in [-0.4, -0.2) is 18.0 Å². The number of fused-ring (bicyclic) bond motifs is 1. The minimum Gasteiger partial charge on any atom is -0.452 e. The summed E-state index contributed by atoms with van der Waals surface area (Å²) in [6.45, 7) is 1.84. The number of nitrogens with one attached hydrogen (secondary N) is 1. The highest BCUT2D eigenvalue weighted by Gasteiger charge is 2.18. The molecule has 0 aliphatic heterocycles. The molecule has 0 aliphatic carbocycles. The smallest absolute Gasteiger partial charge is 0.311 e. The Balaban J connectivity index is 1.53. The second kappa shape index (κ2) is 8.69. The van der Waals surface area contributed by atoms with E-state index >= 15 is 0 Å². The fourth-order valence-corrected chi connectivity index (χ4v) is 2.98. The Kier molecular flexibility index (Phi) is 6.09. The molecule has 0 spiro atoms. The van der Waals surface area contributed by atoms with E-state index in [9.17, 15) is 9.59 Å². The van der Waals surface area contributed by atoms with Gasteiger partial charge in [0.2, 0.25) is 0 Å². The highest BCUT2D eigenvalue weighted by Crippen LogP contribution is 2.17. The van der Waals surface area contributed by atoms with Crippen LogP contribution < -0.4 is 5.32 Å². The summed E-state index contributed by atoms with van der Waals surface area (Å²) in [6, 6.07) is 21.0. The molecule has 0 bridgehead atoms. The molecule has 1 amide bonds. The van der Waals surface area contributed by atoms with Crippen molar-refractivity contribution in [3.8, 4) is 0 Å². The number of ether oxygens (including phenoxy) is 1. The van der Waals surface area contributed by atoms with Gasteiger partial charge in [-0.1, -0.05) is 72.3 Å². The predicted octanol–water partition coefficient (Wildman–Crippen LogP) is 4.28. The number of hydrogen-bond acceptors (Lipinski definition) is 3. The monoisotopic (exact) mass is 381 g/mol. The standard InChI is InChI=1S/C22H20ClNO3/c1-15(22(26)24-14-19-8-4-5-9-20(19)23)27-21(25)13-16-10-11-17-6-2-3-7-18(17)12-16/h2-12,15H,13-14H2,1H3,(H,24,26)/t15-/m0/s1. The fraction of sp³-hybridized carbons (Fsp3) is 0.182. The van der Waals surface area contributed by atoms with Gasteiger partial charge in [0.15, 0.2) is 6.10 Å². The summed E-state index contributed by atoms with van der Waals surface area (Å²) in [7, 11) is 0. The number of hydrogen-bond donors (Lipinski definition) is 1. The third-order valence-corrected chi connectivity index (χ3v) is 4.62. The maximum atomic E-state index is 12.2. The summed E-state index contributed by atoms with van der Waals surface area (Å²) in [4.78, 5) is 24.3. The van der Waals surface area contributed by atoms with E-state index < -0.39 is 12.1 Å². The lowest BCUT2D eigenvalue weighted by Crippen LogP contribution is -2.35. The molecule has 0 saturated heterocycles. The van der Waals surface area contributed by atoms with Crippen LogP contribution in [0.15, 0.2) is 66.7 Å². The van der Waals surface area contributed by atoms with Gasteiger partial charge in [-0.2, -0.15) is 0 Å². The molecule has 3 aromatic rings. The van der Waals surface area contributed by atoms with Crippen molar-refractivity contribution < 1.29 is 14.3 Å². The zero-order chi connectivity index (χ0) is 19.2. The Bertz CT molecular complexity index is 970. The van der Waals surface area contributed by atoms with Crippen molar-refractivity contribution in [3.63, 3.8) is 0 Å². The molecule has 0 radical (unpaired) electrons. The van der Waals surface area contributed by atoms with Crippen LogP contribution in [0, 0.1) is 0 Å². The molecule has 1 atom stereocenters. The third-order valence-electron chi connectivity index (χ3n) is 4.25. The van der Waals surface area contributed by atoms with E-state index in [-0.39, 0.29) is 18.9 Å². The van der Waals surface area contributed by atoms with Crippen LogP contribution in [-0.2, 0) is 27.3 Å². The molecule has 0 saturated carbocycles. The van der Waals surface area contributed by atoms with Crippen molar-refractivity contribution in [2.45, 2.75) is 26.0 Å². The van der Waals surface area contributed by atoms with Gasteiger partial charge >= 0.3 is 5.97 Å². The zero-order valence-corrected chi connectivity index (χ0v) is 15.7. The first-order valence-corrected chi connectivity index (χ1v) is 9.09. The van der Waals surface area contributed by atoms with E-state index in [1.807, 2.05) is 60.7 Å². The number of carbonyl (C=O) groups excluding carboxylic acids is 2. The molecule has 0 heterocycles. The normalized spacial score (nSPS) is 11.8. The Morgan fingerprint density at radius 2 is 1.70 bits per heavy atom. The SMILES string of the molecule is C[C@H](OC(=O)Cc1ccc2ccccc2c1)C(=O)NCc1ccccc1Cl. The molecule has 0 unspecified atom stereocenters. The summed E-state index contributed by atoms with van der Waals surface area (Å²) in [6.07, 6.45) is -0.757. The molecule has 0 aromatic heterocycles. The van der Waals surface area contributed by atoms with Gasteiger partial charge < -0.3 is 10.1 Å². The molecule has 5 heteroatoms. The lowest BCUT2D eigenvalue weighted by Gasteiger charge is -2.14. The molecule has 1 N–H and O–H groups in total. The molecular weight excluding hydrogens is 362 g/mol. The molecule has 4 nitrogen and oxygen atoms in total. The number of halogens is 1. The highest BCUT2D eigenvalue weighted by molar-refractivity contribution is 6.31. The van der Waals surface area contributed by atoms with Crippen LogP contribution in [0.2, 0.25) is 5.02 Å². The van der Waals surface area contributed by atoms with Gasteiger partial charge in [-0.25, -0.2) is 0 Å². The fourth-order valence-electron chi connectivity index (χ4n) is 2.78. The van der Waals surface area contributed by atoms with E-state index in [0.717, 1.165) is 21.9 Å². The van der Waals surface area contributed by atoms with Crippen LogP contribution in [0.3, 0.4) is 0 Å². The van der Waals surface area contributed by atoms with Crippen LogP contribution in [0.1, 0.15) is 18.1 Å². The molecule has 0 fully saturated rings. The Hall–Kier alpha value is -2.85. The number of carbonyl (C=O) groups is 2. The average molecular weight is 382 g/mol. The number of benzene rings is 3. The van der Waals surface area contributed by atoms with Crippen LogP contribution in [0.5, 0.6) is 0 Å². The van der Waals surface area contributed by atoms with Gasteiger partial charge in [0.25, 0.3) is 5.91 Å². The van der Waals surface area contributed by atoms with Crippen LogP contribution in [0.4, 0.5) is 0 Å². The van der Waals surface area contributed by atoms with Crippen molar-refractivity contribution in [2.24, 2.45) is 0 Å². The van der Waals surface area contributed by atoms with Gasteiger partial charge in [-0.05, 0) is 34.9 Å². The third kappa shape index (κ3) is 5.08. The summed E-state index contributed by atoms with van der Waals surface area (Å²) >= 11 is 6.07. The van der Waals surface area contributed by atoms with Crippen LogP contribution in [0.25, 0.3) is 10.8 Å². The molecule has 3 rings (SSSR count). The number of esters is 1. The van der Waals surface area contributed by atoms with Gasteiger partial charge in [-0.3, -0.25) is 9.59 Å². The first-order valence-electron chi connectivity index (χ1n) is 8.71. The van der Waals surface area contributed by atoms with E-state index in [2.05, 4.69) is 5.32 Å². The number of rotatable bonds is 6. The van der Waals surface area contributed by atoms with Crippen LogP contribution >= 0.6 is 11.6 Å². The average Bonchev–Trinajstić information content (AvgIpc) is 2.67. The zero-order valence-electron chi connectivity index (χ0n) is 14.9. The van der Waals surface area contributed by atoms with E-state index in [0.29, 0.717) is 5.02 Å². The minimum atomic E-state index is -0.875. The quantitative estimate of drug-likeness (QED) is 0.648. The van der Waals surface area contributed by atoms with Crippen molar-refractivity contribution in [1.29, 1.82) is 0 Å². The first-order chi connectivity index (χ1) is 13.0. The van der Waals surface area contributed by atoms with Crippen molar-refractivity contribution >= 4 is 34.2 Å². The first kappa shape index (κ1) is 18.9. The largest absolute Gasteiger partial charge is 0.452 e.